The van der Waals surface area contributed by atoms with E-state index in [2.05, 4.69) is 15.4 Å². The van der Waals surface area contributed by atoms with Gasteiger partial charge < -0.3 is 5.73 Å². The Morgan fingerprint density at radius 1 is 1.55 bits per heavy atom. The van der Waals surface area contributed by atoms with E-state index in [0.29, 0.717) is 5.69 Å². The maximum Gasteiger partial charge on any atom is 0.271 e. The lowest BCUT2D eigenvalue weighted by molar-refractivity contribution is 0.0994. The average Bonchev–Trinajstić information content (AvgIpc) is 2.32. The molecule has 1 heterocycles. The molecule has 0 saturated carbocycles. The monoisotopic (exact) mass is 154 g/mol. The Balaban J connectivity index is 3.06. The van der Waals surface area contributed by atoms with Crippen molar-refractivity contribution in [2.24, 2.45) is 5.73 Å². The van der Waals surface area contributed by atoms with Crippen molar-refractivity contribution in [3.63, 3.8) is 0 Å². The normalized spacial score (nSPS) is 10.5. The van der Waals surface area contributed by atoms with Gasteiger partial charge >= 0.3 is 0 Å². The van der Waals surface area contributed by atoms with Gasteiger partial charge in [-0.1, -0.05) is 13.8 Å². The summed E-state index contributed by atoms with van der Waals surface area (Å²) in [6.45, 7) is 3.84. The molecular formula is C6H10N4O. The van der Waals surface area contributed by atoms with E-state index in [1.807, 2.05) is 13.8 Å². The number of H-pyrrole nitrogens is 1. The molecule has 11 heavy (non-hydrogen) atoms. The smallest absolute Gasteiger partial charge is 0.271 e. The zero-order valence-corrected chi connectivity index (χ0v) is 6.46. The Kier molecular flexibility index (Phi) is 1.89. The van der Waals surface area contributed by atoms with Gasteiger partial charge in [0.15, 0.2) is 5.69 Å². The van der Waals surface area contributed by atoms with Crippen LogP contribution >= 0.6 is 0 Å². The van der Waals surface area contributed by atoms with Crippen LogP contribution in [-0.4, -0.2) is 21.3 Å². The van der Waals surface area contributed by atoms with Crippen LogP contribution in [0.15, 0.2) is 0 Å². The van der Waals surface area contributed by atoms with Crippen molar-refractivity contribution in [3.05, 3.63) is 11.4 Å². The summed E-state index contributed by atoms with van der Waals surface area (Å²) in [5, 5.41) is 9.79. The quantitative estimate of drug-likeness (QED) is 0.630. The topological polar surface area (TPSA) is 84.7 Å². The highest BCUT2D eigenvalue weighted by atomic mass is 16.1. The Labute approximate surface area is 64.0 Å². The molecule has 3 N–H and O–H groups in total. The second-order valence-corrected chi connectivity index (χ2v) is 2.58. The molecule has 1 amide bonds. The van der Waals surface area contributed by atoms with Gasteiger partial charge in [0.05, 0.1) is 5.69 Å². The molecule has 0 atom stereocenters. The Hall–Kier alpha value is -1.39. The fourth-order valence-corrected chi connectivity index (χ4v) is 0.823. The molecule has 0 aliphatic rings. The number of aromatic nitrogens is 3. The Bertz CT molecular complexity index is 265. The third kappa shape index (κ3) is 1.36. The number of nitrogens with two attached hydrogens (primary N) is 1. The van der Waals surface area contributed by atoms with Gasteiger partial charge in [-0.05, 0) is 5.92 Å². The fourth-order valence-electron chi connectivity index (χ4n) is 0.823. The number of hydrogen-bond acceptors (Lipinski definition) is 3. The zero-order valence-electron chi connectivity index (χ0n) is 6.46. The summed E-state index contributed by atoms with van der Waals surface area (Å²) in [4.78, 5) is 10.7. The van der Waals surface area contributed by atoms with E-state index in [1.165, 1.54) is 0 Å². The van der Waals surface area contributed by atoms with Gasteiger partial charge in [0.2, 0.25) is 0 Å². The number of nitrogens with zero attached hydrogens (tertiary/aromatic N) is 2. The van der Waals surface area contributed by atoms with E-state index in [1.54, 1.807) is 0 Å². The number of primary amides is 1. The van der Waals surface area contributed by atoms with E-state index >= 15 is 0 Å². The van der Waals surface area contributed by atoms with E-state index in [9.17, 15) is 4.79 Å². The van der Waals surface area contributed by atoms with Crippen LogP contribution in [0.5, 0.6) is 0 Å². The van der Waals surface area contributed by atoms with Crippen LogP contribution in [0.3, 0.4) is 0 Å². The highest BCUT2D eigenvalue weighted by Crippen LogP contribution is 2.12. The molecule has 0 bridgehead atoms. The number of aromatic amines is 1. The summed E-state index contributed by atoms with van der Waals surface area (Å²) in [5.74, 6) is -0.376. The first-order valence-corrected chi connectivity index (χ1v) is 3.33. The lowest BCUT2D eigenvalue weighted by Crippen LogP contribution is -2.14. The van der Waals surface area contributed by atoms with Crippen LogP contribution < -0.4 is 5.73 Å². The van der Waals surface area contributed by atoms with Crippen LogP contribution in [0, 0.1) is 0 Å². The summed E-state index contributed by atoms with van der Waals surface area (Å²) in [7, 11) is 0. The van der Waals surface area contributed by atoms with E-state index in [4.69, 9.17) is 5.73 Å². The number of rotatable bonds is 2. The standard InChI is InChI=1S/C6H10N4O/c1-3(2)4-5(6(7)11)9-10-8-4/h3H,1-2H3,(H2,7,11)(H,8,9,10). The molecule has 0 fully saturated rings. The highest BCUT2D eigenvalue weighted by Gasteiger charge is 2.15. The van der Waals surface area contributed by atoms with Crippen LogP contribution in [0.25, 0.3) is 0 Å². The van der Waals surface area contributed by atoms with Crippen molar-refractivity contribution in [3.8, 4) is 0 Å². The number of carbonyl (C=O) groups excluding carboxylic acids is 1. The van der Waals surface area contributed by atoms with Crippen molar-refractivity contribution < 1.29 is 4.79 Å². The number of nitrogens with one attached hydrogen (secondary N) is 1. The predicted octanol–water partition coefficient (Wildman–Crippen LogP) is 0.0270. The summed E-state index contributed by atoms with van der Waals surface area (Å²) in [5.41, 5.74) is 5.89. The van der Waals surface area contributed by atoms with Gasteiger partial charge in [-0.25, -0.2) is 0 Å². The van der Waals surface area contributed by atoms with Crippen LogP contribution in [0.2, 0.25) is 0 Å². The SMILES string of the molecule is CC(C)c1n[nH]nc1C(N)=O. The minimum absolute atomic E-state index is 0.163. The molecule has 60 valence electrons. The lowest BCUT2D eigenvalue weighted by Gasteiger charge is -1.98. The van der Waals surface area contributed by atoms with E-state index < -0.39 is 5.91 Å². The first kappa shape index (κ1) is 7.71. The van der Waals surface area contributed by atoms with E-state index in [0.717, 1.165) is 0 Å². The number of hydrogen-bond donors (Lipinski definition) is 2. The minimum Gasteiger partial charge on any atom is -0.364 e. The molecule has 0 aliphatic heterocycles. The fraction of sp³-hybridized carbons (Fsp3) is 0.500. The molecule has 5 nitrogen and oxygen atoms in total. The van der Waals surface area contributed by atoms with Crippen molar-refractivity contribution in [2.45, 2.75) is 19.8 Å². The van der Waals surface area contributed by atoms with Crippen molar-refractivity contribution in [1.82, 2.24) is 15.4 Å². The van der Waals surface area contributed by atoms with Crippen molar-refractivity contribution >= 4 is 5.91 Å². The van der Waals surface area contributed by atoms with Crippen molar-refractivity contribution in [2.75, 3.05) is 0 Å². The molecule has 0 aromatic carbocycles. The molecule has 0 spiro atoms. The maximum absolute atomic E-state index is 10.7. The second-order valence-electron chi connectivity index (χ2n) is 2.58. The lowest BCUT2D eigenvalue weighted by atomic mass is 10.1. The molecule has 5 heteroatoms. The minimum atomic E-state index is -0.539. The van der Waals surface area contributed by atoms with Gasteiger partial charge in [0.1, 0.15) is 0 Å². The molecule has 1 aromatic heterocycles. The highest BCUT2D eigenvalue weighted by molar-refractivity contribution is 5.91. The zero-order chi connectivity index (χ0) is 8.43. The van der Waals surface area contributed by atoms with Gasteiger partial charge in [-0.15, -0.1) is 0 Å². The molecule has 1 rings (SSSR count). The van der Waals surface area contributed by atoms with E-state index in [-0.39, 0.29) is 11.6 Å². The van der Waals surface area contributed by atoms with Crippen LogP contribution in [0.1, 0.15) is 35.9 Å². The summed E-state index contributed by atoms with van der Waals surface area (Å²) in [6.07, 6.45) is 0. The molecule has 0 unspecified atom stereocenters. The third-order valence-corrected chi connectivity index (χ3v) is 1.36. The second kappa shape index (κ2) is 2.69. The molecule has 0 saturated heterocycles. The molecular weight excluding hydrogens is 144 g/mol. The van der Waals surface area contributed by atoms with Gasteiger partial charge in [0, 0.05) is 0 Å². The largest absolute Gasteiger partial charge is 0.364 e. The first-order chi connectivity index (χ1) is 5.13. The summed E-state index contributed by atoms with van der Waals surface area (Å²) >= 11 is 0. The molecule has 1 aromatic rings. The van der Waals surface area contributed by atoms with Gasteiger partial charge in [-0.2, -0.15) is 15.4 Å². The summed E-state index contributed by atoms with van der Waals surface area (Å²) < 4.78 is 0. The third-order valence-electron chi connectivity index (χ3n) is 1.36. The molecule has 0 radical (unpaired) electrons. The first-order valence-electron chi connectivity index (χ1n) is 3.33. The Morgan fingerprint density at radius 2 is 2.18 bits per heavy atom. The number of carbonyl (C=O) groups is 1. The van der Waals surface area contributed by atoms with Crippen molar-refractivity contribution in [1.29, 1.82) is 0 Å². The maximum atomic E-state index is 10.7. The van der Waals surface area contributed by atoms with Crippen LogP contribution in [-0.2, 0) is 0 Å². The summed E-state index contributed by atoms with van der Waals surface area (Å²) in [6, 6.07) is 0. The average molecular weight is 154 g/mol. The van der Waals surface area contributed by atoms with Gasteiger partial charge in [0.25, 0.3) is 5.91 Å². The molecule has 0 aliphatic carbocycles. The number of amides is 1. The Morgan fingerprint density at radius 3 is 2.55 bits per heavy atom. The van der Waals surface area contributed by atoms with Gasteiger partial charge in [-0.3, -0.25) is 4.79 Å². The van der Waals surface area contributed by atoms with Crippen LogP contribution in [0.4, 0.5) is 0 Å². The predicted molar refractivity (Wildman–Crippen MR) is 39.0 cm³/mol.